The van der Waals surface area contributed by atoms with Crippen molar-refractivity contribution in [1.29, 1.82) is 0 Å². The first-order valence-corrected chi connectivity index (χ1v) is 10.3. The van der Waals surface area contributed by atoms with Crippen LogP contribution in [0.5, 0.6) is 0 Å². The van der Waals surface area contributed by atoms with Crippen molar-refractivity contribution >= 4 is 18.3 Å². The number of piperidine rings is 1. The molecular weight excluding hydrogens is 374 g/mol. The van der Waals surface area contributed by atoms with E-state index in [1.807, 2.05) is 11.6 Å². The summed E-state index contributed by atoms with van der Waals surface area (Å²) in [6, 6.07) is 9.46. The van der Waals surface area contributed by atoms with Gasteiger partial charge >= 0.3 is 0 Å². The zero-order valence-electron chi connectivity index (χ0n) is 16.3. The van der Waals surface area contributed by atoms with Crippen molar-refractivity contribution in [2.45, 2.75) is 63.6 Å². The molecule has 2 aromatic rings. The molecule has 7 heteroatoms. The summed E-state index contributed by atoms with van der Waals surface area (Å²) in [4.78, 5) is 15.7. The minimum atomic E-state index is 0. The van der Waals surface area contributed by atoms with E-state index in [1.165, 1.54) is 11.1 Å². The number of carbonyl (C=O) groups is 1. The molecule has 1 saturated heterocycles. The largest absolute Gasteiger partial charge is 0.327 e. The average molecular weight is 402 g/mol. The highest BCUT2D eigenvalue weighted by Gasteiger charge is 2.42. The Kier molecular flexibility index (Phi) is 5.43. The van der Waals surface area contributed by atoms with Gasteiger partial charge < -0.3 is 10.2 Å². The Morgan fingerprint density at radius 1 is 1.14 bits per heavy atom. The topological polar surface area (TPSA) is 63.1 Å². The fraction of sp³-hybridized carbons (Fsp3) is 0.571. The summed E-state index contributed by atoms with van der Waals surface area (Å²) < 4.78 is 1.99. The second kappa shape index (κ2) is 7.84. The SMILES string of the molecule is Cc1c(C(=O)N(C2CC2)C2CCc3ccccc32)nnn1C1CCNCC1.Cl. The van der Waals surface area contributed by atoms with Crippen LogP contribution in [0.15, 0.2) is 24.3 Å². The maximum atomic E-state index is 13.5. The first-order valence-electron chi connectivity index (χ1n) is 10.3. The van der Waals surface area contributed by atoms with Gasteiger partial charge in [0.15, 0.2) is 5.69 Å². The Morgan fingerprint density at radius 3 is 2.64 bits per heavy atom. The van der Waals surface area contributed by atoms with Crippen molar-refractivity contribution < 1.29 is 4.79 Å². The van der Waals surface area contributed by atoms with Crippen LogP contribution in [0.25, 0.3) is 0 Å². The molecule has 0 radical (unpaired) electrons. The molecule has 1 N–H and O–H groups in total. The zero-order valence-corrected chi connectivity index (χ0v) is 17.1. The maximum Gasteiger partial charge on any atom is 0.277 e. The van der Waals surface area contributed by atoms with Crippen LogP contribution >= 0.6 is 12.4 Å². The third-order valence-electron chi connectivity index (χ3n) is 6.40. The van der Waals surface area contributed by atoms with Crippen molar-refractivity contribution in [3.8, 4) is 0 Å². The summed E-state index contributed by atoms with van der Waals surface area (Å²) in [6.07, 6.45) is 6.36. The van der Waals surface area contributed by atoms with E-state index >= 15 is 0 Å². The molecule has 5 rings (SSSR count). The fourth-order valence-electron chi connectivity index (χ4n) is 4.80. The number of aryl methyl sites for hydroxylation is 1. The number of carbonyl (C=O) groups excluding carboxylic acids is 1. The van der Waals surface area contributed by atoms with Gasteiger partial charge in [-0.25, -0.2) is 4.68 Å². The van der Waals surface area contributed by atoms with E-state index in [-0.39, 0.29) is 24.4 Å². The molecular formula is C21H28ClN5O. The Bertz CT molecular complexity index is 856. The Labute approximate surface area is 172 Å². The van der Waals surface area contributed by atoms with E-state index in [1.54, 1.807) is 0 Å². The van der Waals surface area contributed by atoms with Crippen LogP contribution in [0, 0.1) is 6.92 Å². The molecule has 28 heavy (non-hydrogen) atoms. The van der Waals surface area contributed by atoms with E-state index < -0.39 is 0 Å². The van der Waals surface area contributed by atoms with Gasteiger partial charge in [0.1, 0.15) is 0 Å². The quantitative estimate of drug-likeness (QED) is 0.854. The number of benzene rings is 1. The van der Waals surface area contributed by atoms with Crippen LogP contribution in [0.3, 0.4) is 0 Å². The summed E-state index contributed by atoms with van der Waals surface area (Å²) in [5, 5.41) is 12.1. The normalized spacial score (nSPS) is 21.8. The van der Waals surface area contributed by atoms with Crippen LogP contribution in [0.1, 0.15) is 71.5 Å². The highest BCUT2D eigenvalue weighted by Crippen LogP contribution is 2.42. The molecule has 6 nitrogen and oxygen atoms in total. The lowest BCUT2D eigenvalue weighted by Gasteiger charge is -2.29. The van der Waals surface area contributed by atoms with Gasteiger partial charge in [0, 0.05) is 6.04 Å². The molecule has 1 amide bonds. The molecule has 2 fully saturated rings. The Morgan fingerprint density at radius 2 is 1.89 bits per heavy atom. The zero-order chi connectivity index (χ0) is 18.4. The van der Waals surface area contributed by atoms with Crippen LogP contribution in [0.2, 0.25) is 0 Å². The van der Waals surface area contributed by atoms with E-state index in [9.17, 15) is 4.79 Å². The van der Waals surface area contributed by atoms with E-state index in [0.29, 0.717) is 17.8 Å². The second-order valence-electron chi connectivity index (χ2n) is 8.15. The lowest BCUT2D eigenvalue weighted by Crippen LogP contribution is -2.36. The van der Waals surface area contributed by atoms with Crippen molar-refractivity contribution in [3.05, 3.63) is 46.8 Å². The van der Waals surface area contributed by atoms with Gasteiger partial charge in [-0.05, 0) is 69.7 Å². The number of fused-ring (bicyclic) bond motifs is 1. The molecule has 1 saturated carbocycles. The van der Waals surface area contributed by atoms with Crippen molar-refractivity contribution in [1.82, 2.24) is 25.2 Å². The predicted molar refractivity (Wildman–Crippen MR) is 110 cm³/mol. The molecule has 1 aliphatic heterocycles. The predicted octanol–water partition coefficient (Wildman–Crippen LogP) is 3.22. The first kappa shape index (κ1) is 19.4. The minimum Gasteiger partial charge on any atom is -0.327 e. The maximum absolute atomic E-state index is 13.5. The smallest absolute Gasteiger partial charge is 0.277 e. The summed E-state index contributed by atoms with van der Waals surface area (Å²) in [7, 11) is 0. The van der Waals surface area contributed by atoms with Crippen molar-refractivity contribution in [3.63, 3.8) is 0 Å². The summed E-state index contributed by atoms with van der Waals surface area (Å²) >= 11 is 0. The number of halogens is 1. The highest BCUT2D eigenvalue weighted by molar-refractivity contribution is 5.94. The molecule has 1 aromatic carbocycles. The Balaban J connectivity index is 0.00000192. The van der Waals surface area contributed by atoms with Gasteiger partial charge in [0.05, 0.1) is 17.8 Å². The van der Waals surface area contributed by atoms with Crippen molar-refractivity contribution in [2.75, 3.05) is 13.1 Å². The van der Waals surface area contributed by atoms with Gasteiger partial charge in [-0.1, -0.05) is 29.5 Å². The van der Waals surface area contributed by atoms with Gasteiger partial charge in [-0.15, -0.1) is 17.5 Å². The minimum absolute atomic E-state index is 0. The van der Waals surface area contributed by atoms with Gasteiger partial charge in [-0.2, -0.15) is 0 Å². The molecule has 150 valence electrons. The molecule has 1 aromatic heterocycles. The molecule has 0 spiro atoms. The number of amides is 1. The van der Waals surface area contributed by atoms with Gasteiger partial charge in [0.2, 0.25) is 0 Å². The molecule has 2 heterocycles. The summed E-state index contributed by atoms with van der Waals surface area (Å²) in [5.41, 5.74) is 4.17. The molecule has 0 bridgehead atoms. The number of hydrogen-bond donors (Lipinski definition) is 1. The van der Waals surface area contributed by atoms with Crippen LogP contribution < -0.4 is 5.32 Å². The molecule has 1 unspecified atom stereocenters. The van der Waals surface area contributed by atoms with E-state index in [0.717, 1.165) is 57.3 Å². The standard InChI is InChI=1S/C21H27N5O.ClH/c1-14-20(23-24-26(14)17-10-12-22-13-11-17)21(27)25(16-7-8-16)19-9-6-15-4-2-3-5-18(15)19;/h2-5,16-17,19,22H,6-13H2,1H3;1H. The fourth-order valence-corrected chi connectivity index (χ4v) is 4.80. The summed E-state index contributed by atoms with van der Waals surface area (Å²) in [6.45, 7) is 4.00. The van der Waals surface area contributed by atoms with E-state index in [2.05, 4.69) is 44.8 Å². The Hall–Kier alpha value is -1.92. The molecule has 2 aliphatic carbocycles. The third kappa shape index (κ3) is 3.33. The summed E-state index contributed by atoms with van der Waals surface area (Å²) in [5.74, 6) is 0.0666. The van der Waals surface area contributed by atoms with Crippen LogP contribution in [-0.2, 0) is 6.42 Å². The van der Waals surface area contributed by atoms with Crippen LogP contribution in [-0.4, -0.2) is 44.9 Å². The van der Waals surface area contributed by atoms with Gasteiger partial charge in [-0.3, -0.25) is 4.79 Å². The molecule has 1 atom stereocenters. The third-order valence-corrected chi connectivity index (χ3v) is 6.40. The van der Waals surface area contributed by atoms with E-state index in [4.69, 9.17) is 0 Å². The van der Waals surface area contributed by atoms with Crippen molar-refractivity contribution in [2.24, 2.45) is 0 Å². The number of aromatic nitrogens is 3. The average Bonchev–Trinajstić information content (AvgIpc) is 3.33. The first-order chi connectivity index (χ1) is 13.2. The number of hydrogen-bond acceptors (Lipinski definition) is 4. The monoisotopic (exact) mass is 401 g/mol. The second-order valence-corrected chi connectivity index (χ2v) is 8.15. The van der Waals surface area contributed by atoms with Gasteiger partial charge in [0.25, 0.3) is 5.91 Å². The number of nitrogens with one attached hydrogen (secondary N) is 1. The number of rotatable bonds is 4. The lowest BCUT2D eigenvalue weighted by atomic mass is 10.1. The molecule has 3 aliphatic rings. The lowest BCUT2D eigenvalue weighted by molar-refractivity contribution is 0.0651. The number of nitrogens with zero attached hydrogens (tertiary/aromatic N) is 4. The highest BCUT2D eigenvalue weighted by atomic mass is 35.5. The van der Waals surface area contributed by atoms with Crippen LogP contribution in [0.4, 0.5) is 0 Å².